The van der Waals surface area contributed by atoms with Crippen LogP contribution in [0.15, 0.2) is 24.3 Å². The molecule has 1 heterocycles. The van der Waals surface area contributed by atoms with Gasteiger partial charge in [0, 0.05) is 33.4 Å². The van der Waals surface area contributed by atoms with Gasteiger partial charge in [0.2, 0.25) is 5.13 Å². The fourth-order valence-corrected chi connectivity index (χ4v) is 2.36. The fraction of sp³-hybridized carbons (Fsp3) is 0.385. The molecule has 5 heteroatoms. The first-order valence-corrected chi connectivity index (χ1v) is 6.65. The third-order valence-corrected chi connectivity index (χ3v) is 3.64. The minimum Gasteiger partial charge on any atom is -0.378 e. The number of rotatable bonds is 4. The van der Waals surface area contributed by atoms with Crippen molar-refractivity contribution in [1.29, 1.82) is 0 Å². The second-order valence-electron chi connectivity index (χ2n) is 4.52. The lowest BCUT2D eigenvalue weighted by atomic mass is 10.2. The second kappa shape index (κ2) is 5.35. The molecule has 0 spiro atoms. The number of anilines is 2. The highest BCUT2D eigenvalue weighted by Crippen LogP contribution is 2.21. The Hall–Kier alpha value is -1.62. The molecule has 0 saturated carbocycles. The molecule has 2 rings (SSSR count). The third kappa shape index (κ3) is 2.98. The number of nitrogens with zero attached hydrogens (tertiary/aromatic N) is 4. The van der Waals surface area contributed by atoms with Crippen molar-refractivity contribution in [2.45, 2.75) is 13.5 Å². The number of aryl methyl sites for hydroxylation is 1. The summed E-state index contributed by atoms with van der Waals surface area (Å²) in [5, 5.41) is 10.2. The molecule has 1 aromatic carbocycles. The van der Waals surface area contributed by atoms with Gasteiger partial charge in [-0.15, -0.1) is 10.2 Å². The van der Waals surface area contributed by atoms with Crippen LogP contribution in [-0.4, -0.2) is 31.3 Å². The van der Waals surface area contributed by atoms with Gasteiger partial charge < -0.3 is 9.80 Å². The maximum Gasteiger partial charge on any atom is 0.208 e. The Morgan fingerprint density at radius 1 is 1.17 bits per heavy atom. The van der Waals surface area contributed by atoms with Gasteiger partial charge in [-0.25, -0.2) is 0 Å². The van der Waals surface area contributed by atoms with Crippen LogP contribution in [0.2, 0.25) is 0 Å². The molecule has 0 N–H and O–H groups in total. The van der Waals surface area contributed by atoms with E-state index in [0.29, 0.717) is 0 Å². The number of benzene rings is 1. The summed E-state index contributed by atoms with van der Waals surface area (Å²) in [6.45, 7) is 2.82. The quantitative estimate of drug-likeness (QED) is 0.847. The minimum atomic E-state index is 0.844. The largest absolute Gasteiger partial charge is 0.378 e. The van der Waals surface area contributed by atoms with Crippen LogP contribution >= 0.6 is 11.3 Å². The molecule has 0 bridgehead atoms. The SMILES string of the molecule is Cc1nnc(N(C)Cc2cccc(N(C)C)c2)s1. The van der Waals surface area contributed by atoms with Crippen molar-refractivity contribution in [2.24, 2.45) is 0 Å². The Kier molecular flexibility index (Phi) is 3.81. The summed E-state index contributed by atoms with van der Waals surface area (Å²) in [6.07, 6.45) is 0. The van der Waals surface area contributed by atoms with Crippen molar-refractivity contribution in [3.05, 3.63) is 34.8 Å². The maximum absolute atomic E-state index is 4.15. The average Bonchev–Trinajstić information content (AvgIpc) is 2.76. The standard InChI is InChI=1S/C13H18N4S/c1-10-14-15-13(18-10)17(4)9-11-6-5-7-12(8-11)16(2)3/h5-8H,9H2,1-4H3. The van der Waals surface area contributed by atoms with Crippen molar-refractivity contribution in [1.82, 2.24) is 10.2 Å². The zero-order valence-corrected chi connectivity index (χ0v) is 12.0. The van der Waals surface area contributed by atoms with Crippen LogP contribution in [0.1, 0.15) is 10.6 Å². The molecule has 0 aliphatic carbocycles. The lowest BCUT2D eigenvalue weighted by Crippen LogP contribution is -2.16. The molecule has 1 aromatic heterocycles. The molecule has 2 aromatic rings. The van der Waals surface area contributed by atoms with E-state index in [-0.39, 0.29) is 0 Å². The van der Waals surface area contributed by atoms with Crippen LogP contribution in [0, 0.1) is 6.92 Å². The van der Waals surface area contributed by atoms with Crippen LogP contribution in [0.25, 0.3) is 0 Å². The summed E-state index contributed by atoms with van der Waals surface area (Å²) in [6, 6.07) is 8.53. The monoisotopic (exact) mass is 262 g/mol. The molecule has 0 atom stereocenters. The number of hydrogen-bond acceptors (Lipinski definition) is 5. The average molecular weight is 262 g/mol. The van der Waals surface area contributed by atoms with Gasteiger partial charge in [0.05, 0.1) is 0 Å². The molecule has 0 fully saturated rings. The van der Waals surface area contributed by atoms with Crippen LogP contribution in [0.5, 0.6) is 0 Å². The van der Waals surface area contributed by atoms with Crippen LogP contribution in [-0.2, 0) is 6.54 Å². The topological polar surface area (TPSA) is 32.3 Å². The molecule has 0 amide bonds. The Bertz CT molecular complexity index is 521. The zero-order valence-electron chi connectivity index (χ0n) is 11.2. The highest BCUT2D eigenvalue weighted by Gasteiger charge is 2.07. The van der Waals surface area contributed by atoms with Crippen LogP contribution in [0.3, 0.4) is 0 Å². The summed E-state index contributed by atoms with van der Waals surface area (Å²) in [5.74, 6) is 0. The Morgan fingerprint density at radius 2 is 1.94 bits per heavy atom. The summed E-state index contributed by atoms with van der Waals surface area (Å²) in [7, 11) is 6.15. The van der Waals surface area contributed by atoms with E-state index < -0.39 is 0 Å². The van der Waals surface area contributed by atoms with Crippen LogP contribution < -0.4 is 9.80 Å². The van der Waals surface area contributed by atoms with Gasteiger partial charge in [-0.2, -0.15) is 0 Å². The first-order chi connectivity index (χ1) is 8.56. The fourth-order valence-electron chi connectivity index (χ4n) is 1.71. The number of aromatic nitrogens is 2. The van der Waals surface area contributed by atoms with E-state index in [9.17, 15) is 0 Å². The molecule has 4 nitrogen and oxygen atoms in total. The summed E-state index contributed by atoms with van der Waals surface area (Å²) >= 11 is 1.62. The second-order valence-corrected chi connectivity index (χ2v) is 5.68. The smallest absolute Gasteiger partial charge is 0.208 e. The highest BCUT2D eigenvalue weighted by molar-refractivity contribution is 7.15. The molecule has 0 saturated heterocycles. The summed E-state index contributed by atoms with van der Waals surface area (Å²) in [5.41, 5.74) is 2.49. The van der Waals surface area contributed by atoms with Gasteiger partial charge in [0.1, 0.15) is 5.01 Å². The molecular weight excluding hydrogens is 244 g/mol. The van der Waals surface area contributed by atoms with Gasteiger partial charge >= 0.3 is 0 Å². The molecule has 0 aliphatic heterocycles. The molecular formula is C13H18N4S. The van der Waals surface area contributed by atoms with Crippen molar-refractivity contribution in [3.63, 3.8) is 0 Å². The molecule has 0 aliphatic rings. The van der Waals surface area contributed by atoms with Gasteiger partial charge in [-0.3, -0.25) is 0 Å². The Balaban J connectivity index is 2.11. The number of hydrogen-bond donors (Lipinski definition) is 0. The highest BCUT2D eigenvalue weighted by atomic mass is 32.1. The lowest BCUT2D eigenvalue weighted by Gasteiger charge is -2.17. The first kappa shape index (κ1) is 12.8. The predicted molar refractivity (Wildman–Crippen MR) is 77.5 cm³/mol. The normalized spacial score (nSPS) is 10.4. The predicted octanol–water partition coefficient (Wildman–Crippen LogP) is 2.55. The van der Waals surface area contributed by atoms with E-state index in [1.807, 2.05) is 14.0 Å². The minimum absolute atomic E-state index is 0.844. The summed E-state index contributed by atoms with van der Waals surface area (Å²) in [4.78, 5) is 4.23. The van der Waals surface area contributed by atoms with Crippen molar-refractivity contribution >= 4 is 22.2 Å². The van der Waals surface area contributed by atoms with Gasteiger partial charge in [-0.1, -0.05) is 23.5 Å². The van der Waals surface area contributed by atoms with Crippen molar-refractivity contribution < 1.29 is 0 Å². The first-order valence-electron chi connectivity index (χ1n) is 5.84. The Labute approximate surface area is 112 Å². The molecule has 96 valence electrons. The van der Waals surface area contributed by atoms with Gasteiger partial charge in [0.15, 0.2) is 0 Å². The molecule has 18 heavy (non-hydrogen) atoms. The van der Waals surface area contributed by atoms with E-state index in [0.717, 1.165) is 16.7 Å². The van der Waals surface area contributed by atoms with Gasteiger partial charge in [-0.05, 0) is 24.6 Å². The molecule has 0 radical (unpaired) electrons. The maximum atomic E-state index is 4.15. The summed E-state index contributed by atoms with van der Waals surface area (Å²) < 4.78 is 0. The van der Waals surface area contributed by atoms with E-state index in [4.69, 9.17) is 0 Å². The van der Waals surface area contributed by atoms with Crippen molar-refractivity contribution in [3.8, 4) is 0 Å². The Morgan fingerprint density at radius 3 is 2.56 bits per heavy atom. The zero-order chi connectivity index (χ0) is 13.1. The van der Waals surface area contributed by atoms with Crippen LogP contribution in [0.4, 0.5) is 10.8 Å². The van der Waals surface area contributed by atoms with E-state index in [1.54, 1.807) is 11.3 Å². The van der Waals surface area contributed by atoms with E-state index in [1.165, 1.54) is 11.3 Å². The van der Waals surface area contributed by atoms with Crippen molar-refractivity contribution in [2.75, 3.05) is 30.9 Å². The van der Waals surface area contributed by atoms with Gasteiger partial charge in [0.25, 0.3) is 0 Å². The molecule has 0 unspecified atom stereocenters. The van der Waals surface area contributed by atoms with E-state index in [2.05, 4.69) is 58.4 Å². The van der Waals surface area contributed by atoms with E-state index >= 15 is 0 Å². The lowest BCUT2D eigenvalue weighted by molar-refractivity contribution is 0.889. The third-order valence-electron chi connectivity index (χ3n) is 2.69.